The van der Waals surface area contributed by atoms with Crippen LogP contribution in [-0.2, 0) is 6.54 Å². The molecule has 5 heteroatoms. The zero-order valence-electron chi connectivity index (χ0n) is 11.5. The first-order valence-electron chi connectivity index (χ1n) is 6.44. The highest BCUT2D eigenvalue weighted by Gasteiger charge is 2.14. The highest BCUT2D eigenvalue weighted by atomic mass is 32.1. The maximum absolute atomic E-state index is 10.1. The fourth-order valence-electron chi connectivity index (χ4n) is 2.05. The second-order valence-corrected chi connectivity index (χ2v) is 5.83. The molecule has 0 radical (unpaired) electrons. The monoisotopic (exact) mass is 280 g/mol. The van der Waals surface area contributed by atoms with E-state index in [1.807, 2.05) is 31.4 Å². The summed E-state index contributed by atoms with van der Waals surface area (Å²) in [6.45, 7) is 6.66. The predicted molar refractivity (Wildman–Crippen MR) is 76.2 cm³/mol. The van der Waals surface area contributed by atoms with E-state index in [0.29, 0.717) is 6.42 Å². The van der Waals surface area contributed by atoms with E-state index in [9.17, 15) is 5.11 Å². The summed E-state index contributed by atoms with van der Waals surface area (Å²) in [5, 5.41) is 19.4. The summed E-state index contributed by atoms with van der Waals surface area (Å²) in [5.74, 6) is 0.857. The van der Waals surface area contributed by atoms with Gasteiger partial charge in [-0.3, -0.25) is 0 Å². The van der Waals surface area contributed by atoms with Crippen LogP contribution in [-0.4, -0.2) is 16.3 Å². The van der Waals surface area contributed by atoms with Crippen molar-refractivity contribution in [3.05, 3.63) is 39.4 Å². The quantitative estimate of drug-likeness (QED) is 0.854. The Morgan fingerprint density at radius 1 is 1.47 bits per heavy atom. The summed E-state index contributed by atoms with van der Waals surface area (Å²) in [4.78, 5) is 1.02. The summed E-state index contributed by atoms with van der Waals surface area (Å²) in [5.41, 5.74) is 2.04. The molecule has 0 aliphatic heterocycles. The van der Waals surface area contributed by atoms with Gasteiger partial charge in [-0.05, 0) is 38.6 Å². The molecular formula is C14H20N2O2S. The number of nitrogens with zero attached hydrogens (tertiary/aromatic N) is 1. The molecule has 2 aromatic heterocycles. The van der Waals surface area contributed by atoms with Gasteiger partial charge in [0, 0.05) is 23.0 Å². The van der Waals surface area contributed by atoms with Crippen molar-refractivity contribution in [1.29, 1.82) is 0 Å². The van der Waals surface area contributed by atoms with Crippen LogP contribution in [0.2, 0.25) is 0 Å². The van der Waals surface area contributed by atoms with E-state index >= 15 is 0 Å². The molecule has 104 valence electrons. The third-order valence-electron chi connectivity index (χ3n) is 3.26. The zero-order valence-corrected chi connectivity index (χ0v) is 12.3. The fourth-order valence-corrected chi connectivity index (χ4v) is 2.77. The molecule has 2 heterocycles. The molecular weight excluding hydrogens is 260 g/mol. The first kappa shape index (κ1) is 14.2. The molecule has 19 heavy (non-hydrogen) atoms. The van der Waals surface area contributed by atoms with Crippen LogP contribution in [0.25, 0.3) is 0 Å². The number of aromatic nitrogens is 1. The van der Waals surface area contributed by atoms with Crippen molar-refractivity contribution in [2.24, 2.45) is 0 Å². The Kier molecular flexibility index (Phi) is 4.74. The minimum absolute atomic E-state index is 0.228. The van der Waals surface area contributed by atoms with Crippen molar-refractivity contribution >= 4 is 11.3 Å². The van der Waals surface area contributed by atoms with Gasteiger partial charge in [0.1, 0.15) is 5.76 Å². The zero-order chi connectivity index (χ0) is 13.8. The molecule has 2 N–H and O–H groups in total. The topological polar surface area (TPSA) is 58.3 Å². The molecule has 2 atom stereocenters. The van der Waals surface area contributed by atoms with Crippen LogP contribution < -0.4 is 5.32 Å². The van der Waals surface area contributed by atoms with Gasteiger partial charge in [-0.2, -0.15) is 0 Å². The number of aliphatic hydroxyl groups is 1. The number of hydrogen-bond donors (Lipinski definition) is 2. The molecule has 0 spiro atoms. The van der Waals surface area contributed by atoms with Gasteiger partial charge in [0.05, 0.1) is 11.8 Å². The third-order valence-corrected chi connectivity index (χ3v) is 4.23. The molecule has 0 aliphatic rings. The molecule has 4 nitrogen and oxygen atoms in total. The standard InChI is InChI=1S/C14H20N2O2S/c1-9(7-13(17)14-5-4-6-19-14)15-8-12-10(2)16-18-11(12)3/h4-6,9,13,15,17H,7-8H2,1-3H3/t9-,13-/m1/s1. The summed E-state index contributed by atoms with van der Waals surface area (Å²) in [6, 6.07) is 4.16. The Morgan fingerprint density at radius 2 is 2.26 bits per heavy atom. The Bertz CT molecular complexity index is 488. The molecule has 0 aromatic carbocycles. The van der Waals surface area contributed by atoms with Gasteiger partial charge in [-0.1, -0.05) is 11.2 Å². The molecule has 0 unspecified atom stereocenters. The van der Waals surface area contributed by atoms with Crippen LogP contribution >= 0.6 is 11.3 Å². The van der Waals surface area contributed by atoms with Crippen molar-refractivity contribution in [1.82, 2.24) is 10.5 Å². The lowest BCUT2D eigenvalue weighted by Gasteiger charge is -2.17. The molecule has 0 fully saturated rings. The van der Waals surface area contributed by atoms with Crippen molar-refractivity contribution in [3.8, 4) is 0 Å². The van der Waals surface area contributed by atoms with Crippen molar-refractivity contribution in [3.63, 3.8) is 0 Å². The number of thiophene rings is 1. The van der Waals surface area contributed by atoms with Gasteiger partial charge < -0.3 is 14.9 Å². The summed E-state index contributed by atoms with van der Waals surface area (Å²) < 4.78 is 5.13. The van der Waals surface area contributed by atoms with Crippen LogP contribution in [0.5, 0.6) is 0 Å². The van der Waals surface area contributed by atoms with Crippen molar-refractivity contribution in [2.75, 3.05) is 0 Å². The summed E-state index contributed by atoms with van der Waals surface area (Å²) in [7, 11) is 0. The SMILES string of the molecule is Cc1noc(C)c1CN[C@H](C)C[C@@H](O)c1cccs1. The Hall–Kier alpha value is -1.17. The van der Waals surface area contributed by atoms with Gasteiger partial charge in [0.15, 0.2) is 0 Å². The van der Waals surface area contributed by atoms with Crippen LogP contribution in [0.3, 0.4) is 0 Å². The normalized spacial score (nSPS) is 14.5. The van der Waals surface area contributed by atoms with E-state index in [4.69, 9.17) is 4.52 Å². The predicted octanol–water partition coefficient (Wildman–Crippen LogP) is 2.95. The van der Waals surface area contributed by atoms with E-state index in [2.05, 4.69) is 17.4 Å². The number of rotatable bonds is 6. The lowest BCUT2D eigenvalue weighted by atomic mass is 10.1. The van der Waals surface area contributed by atoms with E-state index in [1.165, 1.54) is 0 Å². The van der Waals surface area contributed by atoms with Crippen LogP contribution in [0.4, 0.5) is 0 Å². The van der Waals surface area contributed by atoms with E-state index in [-0.39, 0.29) is 6.04 Å². The van der Waals surface area contributed by atoms with Crippen LogP contribution in [0.15, 0.2) is 22.0 Å². The Balaban J connectivity index is 1.83. The average Bonchev–Trinajstić information content (AvgIpc) is 2.98. The molecule has 2 aromatic rings. The molecule has 0 amide bonds. The molecule has 0 saturated carbocycles. The van der Waals surface area contributed by atoms with E-state index in [0.717, 1.165) is 28.4 Å². The van der Waals surface area contributed by atoms with Gasteiger partial charge in [-0.25, -0.2) is 0 Å². The van der Waals surface area contributed by atoms with Gasteiger partial charge >= 0.3 is 0 Å². The lowest BCUT2D eigenvalue weighted by Crippen LogP contribution is -2.27. The fraction of sp³-hybridized carbons (Fsp3) is 0.500. The number of aryl methyl sites for hydroxylation is 2. The number of hydrogen-bond acceptors (Lipinski definition) is 5. The molecule has 2 rings (SSSR count). The van der Waals surface area contributed by atoms with Crippen LogP contribution in [0.1, 0.15) is 41.3 Å². The molecule has 0 saturated heterocycles. The number of aliphatic hydroxyl groups excluding tert-OH is 1. The molecule has 0 aliphatic carbocycles. The second kappa shape index (κ2) is 6.32. The largest absolute Gasteiger partial charge is 0.388 e. The Morgan fingerprint density at radius 3 is 2.84 bits per heavy atom. The van der Waals surface area contributed by atoms with Gasteiger partial charge in [0.2, 0.25) is 0 Å². The second-order valence-electron chi connectivity index (χ2n) is 4.85. The van der Waals surface area contributed by atoms with E-state index in [1.54, 1.807) is 11.3 Å². The Labute approximate surface area is 117 Å². The minimum atomic E-state index is -0.396. The van der Waals surface area contributed by atoms with Crippen LogP contribution in [0, 0.1) is 13.8 Å². The summed E-state index contributed by atoms with van der Waals surface area (Å²) in [6.07, 6.45) is 0.302. The maximum Gasteiger partial charge on any atom is 0.138 e. The first-order valence-corrected chi connectivity index (χ1v) is 7.32. The minimum Gasteiger partial charge on any atom is -0.388 e. The third kappa shape index (κ3) is 3.65. The molecule has 0 bridgehead atoms. The number of nitrogens with one attached hydrogen (secondary N) is 1. The highest BCUT2D eigenvalue weighted by Crippen LogP contribution is 2.23. The van der Waals surface area contributed by atoms with E-state index < -0.39 is 6.10 Å². The highest BCUT2D eigenvalue weighted by molar-refractivity contribution is 7.10. The lowest BCUT2D eigenvalue weighted by molar-refractivity contribution is 0.157. The average molecular weight is 280 g/mol. The summed E-state index contributed by atoms with van der Waals surface area (Å²) >= 11 is 1.59. The first-order chi connectivity index (χ1) is 9.08. The van der Waals surface area contributed by atoms with Crippen molar-refractivity contribution < 1.29 is 9.63 Å². The smallest absolute Gasteiger partial charge is 0.138 e. The van der Waals surface area contributed by atoms with Crippen molar-refractivity contribution in [2.45, 2.75) is 45.9 Å². The van der Waals surface area contributed by atoms with Gasteiger partial charge in [-0.15, -0.1) is 11.3 Å². The maximum atomic E-state index is 10.1. The van der Waals surface area contributed by atoms with Gasteiger partial charge in [0.25, 0.3) is 0 Å².